The van der Waals surface area contributed by atoms with Gasteiger partial charge in [0.05, 0.1) is 5.92 Å². The van der Waals surface area contributed by atoms with Gasteiger partial charge < -0.3 is 20.3 Å². The maximum absolute atomic E-state index is 12.2. The van der Waals surface area contributed by atoms with Crippen molar-refractivity contribution in [3.05, 3.63) is 29.8 Å². The van der Waals surface area contributed by atoms with Crippen molar-refractivity contribution >= 4 is 5.91 Å². The lowest BCUT2D eigenvalue weighted by Gasteiger charge is -2.27. The third kappa shape index (κ3) is 3.99. The number of benzene rings is 1. The van der Waals surface area contributed by atoms with Gasteiger partial charge in [-0.2, -0.15) is 0 Å². The highest BCUT2D eigenvalue weighted by Crippen LogP contribution is 2.26. The van der Waals surface area contributed by atoms with Crippen molar-refractivity contribution in [2.75, 3.05) is 45.9 Å². The molecule has 0 aromatic heterocycles. The molecule has 5 heteroatoms. The largest absolute Gasteiger partial charge is 0.492 e. The van der Waals surface area contributed by atoms with Crippen molar-refractivity contribution in [1.82, 2.24) is 15.5 Å². The van der Waals surface area contributed by atoms with Gasteiger partial charge in [-0.05, 0) is 31.0 Å². The van der Waals surface area contributed by atoms with E-state index >= 15 is 0 Å². The van der Waals surface area contributed by atoms with E-state index in [9.17, 15) is 4.79 Å². The predicted octanol–water partition coefficient (Wildman–Crippen LogP) is 0.649. The number of para-hydroxylation sites is 1. The van der Waals surface area contributed by atoms with Gasteiger partial charge in [0.1, 0.15) is 12.4 Å². The van der Waals surface area contributed by atoms with Crippen LogP contribution in [-0.4, -0.2) is 56.7 Å². The van der Waals surface area contributed by atoms with Crippen molar-refractivity contribution in [3.8, 4) is 5.75 Å². The zero-order valence-electron chi connectivity index (χ0n) is 13.0. The maximum atomic E-state index is 12.2. The number of carbonyl (C=O) groups excluding carboxylic acids is 1. The summed E-state index contributed by atoms with van der Waals surface area (Å²) in [7, 11) is 0. The standard InChI is InChI=1S/C17H25N3O2/c21-17(19-6-3-9-20-10-7-18-8-11-20)15-12-14-4-1-2-5-16(14)22-13-15/h1-2,4-5,15,18H,3,6-13H2,(H,19,21). The molecule has 0 spiro atoms. The van der Waals surface area contributed by atoms with E-state index in [-0.39, 0.29) is 11.8 Å². The van der Waals surface area contributed by atoms with E-state index in [1.165, 1.54) is 0 Å². The number of ether oxygens (including phenoxy) is 1. The second-order valence-electron chi connectivity index (χ2n) is 6.06. The van der Waals surface area contributed by atoms with Gasteiger partial charge in [-0.1, -0.05) is 18.2 Å². The lowest BCUT2D eigenvalue weighted by atomic mass is 9.96. The maximum Gasteiger partial charge on any atom is 0.226 e. The highest BCUT2D eigenvalue weighted by Gasteiger charge is 2.25. The number of nitrogens with one attached hydrogen (secondary N) is 2. The Kier molecular flexibility index (Phi) is 5.29. The molecule has 0 radical (unpaired) electrons. The SMILES string of the molecule is O=C(NCCCN1CCNCC1)C1COc2ccccc2C1. The Labute approximate surface area is 132 Å². The minimum atomic E-state index is -0.0610. The van der Waals surface area contributed by atoms with Crippen molar-refractivity contribution in [2.24, 2.45) is 5.92 Å². The van der Waals surface area contributed by atoms with Gasteiger partial charge in [-0.3, -0.25) is 4.79 Å². The molecule has 120 valence electrons. The molecule has 1 unspecified atom stereocenters. The van der Waals surface area contributed by atoms with Crippen molar-refractivity contribution < 1.29 is 9.53 Å². The van der Waals surface area contributed by atoms with Crippen LogP contribution >= 0.6 is 0 Å². The first kappa shape index (κ1) is 15.3. The molecule has 1 saturated heterocycles. The van der Waals surface area contributed by atoms with Crippen molar-refractivity contribution in [1.29, 1.82) is 0 Å². The second-order valence-corrected chi connectivity index (χ2v) is 6.06. The lowest BCUT2D eigenvalue weighted by Crippen LogP contribution is -2.44. The van der Waals surface area contributed by atoms with E-state index < -0.39 is 0 Å². The molecule has 1 aromatic carbocycles. The summed E-state index contributed by atoms with van der Waals surface area (Å²) in [6.07, 6.45) is 1.79. The van der Waals surface area contributed by atoms with E-state index in [4.69, 9.17) is 4.74 Å². The van der Waals surface area contributed by atoms with E-state index in [2.05, 4.69) is 15.5 Å². The Bertz CT molecular complexity index is 500. The lowest BCUT2D eigenvalue weighted by molar-refractivity contribution is -0.126. The molecule has 1 atom stereocenters. The highest BCUT2D eigenvalue weighted by atomic mass is 16.5. The summed E-state index contributed by atoms with van der Waals surface area (Å²) in [6.45, 7) is 6.67. The summed E-state index contributed by atoms with van der Waals surface area (Å²) in [5.41, 5.74) is 1.13. The monoisotopic (exact) mass is 303 g/mol. The van der Waals surface area contributed by atoms with Gasteiger partial charge in [-0.15, -0.1) is 0 Å². The van der Waals surface area contributed by atoms with Crippen molar-refractivity contribution in [2.45, 2.75) is 12.8 Å². The zero-order chi connectivity index (χ0) is 15.2. The van der Waals surface area contributed by atoms with Crippen LogP contribution in [0.25, 0.3) is 0 Å². The molecule has 0 saturated carbocycles. The fraction of sp³-hybridized carbons (Fsp3) is 0.588. The number of carbonyl (C=O) groups is 1. The topological polar surface area (TPSA) is 53.6 Å². The fourth-order valence-electron chi connectivity index (χ4n) is 3.09. The van der Waals surface area contributed by atoms with Crippen LogP contribution in [0.15, 0.2) is 24.3 Å². The predicted molar refractivity (Wildman–Crippen MR) is 86.1 cm³/mol. The second kappa shape index (κ2) is 7.61. The Morgan fingerprint density at radius 1 is 1.32 bits per heavy atom. The van der Waals surface area contributed by atoms with Gasteiger partial charge in [0.2, 0.25) is 5.91 Å². The molecule has 5 nitrogen and oxygen atoms in total. The summed E-state index contributed by atoms with van der Waals surface area (Å²) < 4.78 is 5.68. The molecule has 2 heterocycles. The van der Waals surface area contributed by atoms with E-state index in [1.54, 1.807) is 0 Å². The Morgan fingerprint density at radius 3 is 3.00 bits per heavy atom. The molecule has 2 aliphatic rings. The van der Waals surface area contributed by atoms with Crippen LogP contribution in [0.1, 0.15) is 12.0 Å². The number of hydrogen-bond acceptors (Lipinski definition) is 4. The number of amides is 1. The Hall–Kier alpha value is -1.59. The van der Waals surface area contributed by atoms with Crippen LogP contribution in [0.2, 0.25) is 0 Å². The Morgan fingerprint density at radius 2 is 2.14 bits per heavy atom. The van der Waals surface area contributed by atoms with Gasteiger partial charge in [0.25, 0.3) is 0 Å². The van der Waals surface area contributed by atoms with E-state index in [0.29, 0.717) is 6.61 Å². The van der Waals surface area contributed by atoms with Crippen LogP contribution < -0.4 is 15.4 Å². The zero-order valence-corrected chi connectivity index (χ0v) is 13.0. The summed E-state index contributed by atoms with van der Waals surface area (Å²) in [5, 5.41) is 6.41. The molecule has 3 rings (SSSR count). The minimum absolute atomic E-state index is 0.0610. The van der Waals surface area contributed by atoms with E-state index in [0.717, 1.165) is 63.4 Å². The fourth-order valence-corrected chi connectivity index (χ4v) is 3.09. The molecule has 2 N–H and O–H groups in total. The third-order valence-corrected chi connectivity index (χ3v) is 4.41. The first-order valence-electron chi connectivity index (χ1n) is 8.24. The summed E-state index contributed by atoms with van der Waals surface area (Å²) in [6, 6.07) is 7.97. The number of nitrogens with zero attached hydrogens (tertiary/aromatic N) is 1. The molecular weight excluding hydrogens is 278 g/mol. The number of piperazine rings is 1. The molecule has 22 heavy (non-hydrogen) atoms. The Balaban J connectivity index is 1.37. The van der Waals surface area contributed by atoms with Gasteiger partial charge in [-0.25, -0.2) is 0 Å². The van der Waals surface area contributed by atoms with E-state index in [1.807, 2.05) is 24.3 Å². The first-order valence-corrected chi connectivity index (χ1v) is 8.24. The van der Waals surface area contributed by atoms with Crippen LogP contribution in [0, 0.1) is 5.92 Å². The smallest absolute Gasteiger partial charge is 0.226 e. The average molecular weight is 303 g/mol. The molecular formula is C17H25N3O2. The van der Waals surface area contributed by atoms with Gasteiger partial charge in [0.15, 0.2) is 0 Å². The van der Waals surface area contributed by atoms with Crippen molar-refractivity contribution in [3.63, 3.8) is 0 Å². The molecule has 0 bridgehead atoms. The number of rotatable bonds is 5. The molecule has 2 aliphatic heterocycles. The quantitative estimate of drug-likeness (QED) is 0.784. The highest BCUT2D eigenvalue weighted by molar-refractivity contribution is 5.79. The summed E-state index contributed by atoms with van der Waals surface area (Å²) in [5.74, 6) is 0.981. The third-order valence-electron chi connectivity index (χ3n) is 4.41. The first-order chi connectivity index (χ1) is 10.8. The molecule has 1 fully saturated rings. The van der Waals surface area contributed by atoms with Crippen LogP contribution in [0.3, 0.4) is 0 Å². The summed E-state index contributed by atoms with van der Waals surface area (Å²) >= 11 is 0. The molecule has 1 aromatic rings. The summed E-state index contributed by atoms with van der Waals surface area (Å²) in [4.78, 5) is 14.7. The van der Waals surface area contributed by atoms with Gasteiger partial charge >= 0.3 is 0 Å². The number of hydrogen-bond donors (Lipinski definition) is 2. The molecule has 0 aliphatic carbocycles. The van der Waals surface area contributed by atoms with Gasteiger partial charge in [0, 0.05) is 32.7 Å². The average Bonchev–Trinajstić information content (AvgIpc) is 2.59. The minimum Gasteiger partial charge on any atom is -0.492 e. The van der Waals surface area contributed by atoms with Crippen LogP contribution in [0.5, 0.6) is 5.75 Å². The number of fused-ring (bicyclic) bond motifs is 1. The van der Waals surface area contributed by atoms with Crippen LogP contribution in [-0.2, 0) is 11.2 Å². The molecule has 1 amide bonds. The van der Waals surface area contributed by atoms with Crippen LogP contribution in [0.4, 0.5) is 0 Å². The normalized spacial score (nSPS) is 21.7.